The molecular weight excluding hydrogens is 336 g/mol. The molecule has 1 atom stereocenters. The maximum atomic E-state index is 13.0. The van der Waals surface area contributed by atoms with Crippen molar-refractivity contribution in [2.75, 3.05) is 26.2 Å². The van der Waals surface area contributed by atoms with Gasteiger partial charge in [-0.1, -0.05) is 36.4 Å². The third kappa shape index (κ3) is 3.69. The highest BCUT2D eigenvalue weighted by molar-refractivity contribution is 5.82. The molecule has 27 heavy (non-hydrogen) atoms. The van der Waals surface area contributed by atoms with Gasteiger partial charge in [-0.25, -0.2) is 0 Å². The third-order valence-electron chi connectivity index (χ3n) is 5.98. The zero-order valence-corrected chi connectivity index (χ0v) is 15.8. The van der Waals surface area contributed by atoms with Crippen molar-refractivity contribution in [1.29, 1.82) is 0 Å². The molecule has 2 aliphatic heterocycles. The summed E-state index contributed by atoms with van der Waals surface area (Å²) in [5, 5.41) is 7.52. The largest absolute Gasteiger partial charge is 0.341 e. The zero-order chi connectivity index (χ0) is 18.6. The lowest BCUT2D eigenvalue weighted by Crippen LogP contribution is -2.48. The van der Waals surface area contributed by atoms with Crippen molar-refractivity contribution in [3.8, 4) is 11.1 Å². The molecule has 3 heterocycles. The summed E-state index contributed by atoms with van der Waals surface area (Å²) in [6, 6.07) is 10.5. The predicted octanol–water partition coefficient (Wildman–Crippen LogP) is 3.43. The van der Waals surface area contributed by atoms with Gasteiger partial charge in [-0.15, -0.1) is 6.58 Å². The minimum Gasteiger partial charge on any atom is -0.341 e. The number of aromatic amines is 1. The molecule has 1 aromatic heterocycles. The molecule has 0 spiro atoms. The number of carbonyl (C=O) groups excluding carboxylic acids is 1. The maximum absolute atomic E-state index is 13.0. The second kappa shape index (κ2) is 8.09. The Bertz CT molecular complexity index is 777. The standard InChI is InChI=1S/C22H28N4O/c1-2-12-25-13-6-9-20(25)22(27)26-14-10-18(11-15-26)21-19(16-23-24-21)17-7-4-3-5-8-17/h2-5,7-8,16,18,20H,1,6,9-15H2,(H,23,24). The van der Waals surface area contributed by atoms with Crippen LogP contribution in [0.3, 0.4) is 0 Å². The Labute approximate surface area is 161 Å². The van der Waals surface area contributed by atoms with E-state index in [1.54, 1.807) is 0 Å². The highest BCUT2D eigenvalue weighted by atomic mass is 16.2. The average Bonchev–Trinajstić information content (AvgIpc) is 3.38. The maximum Gasteiger partial charge on any atom is 0.239 e. The Hall–Kier alpha value is -2.40. The number of nitrogens with one attached hydrogen (secondary N) is 1. The summed E-state index contributed by atoms with van der Waals surface area (Å²) in [5.41, 5.74) is 3.60. The Balaban J connectivity index is 1.41. The quantitative estimate of drug-likeness (QED) is 0.827. The summed E-state index contributed by atoms with van der Waals surface area (Å²) < 4.78 is 0. The molecule has 2 aromatic rings. The van der Waals surface area contributed by atoms with Gasteiger partial charge in [0.2, 0.25) is 5.91 Å². The first-order valence-electron chi connectivity index (χ1n) is 10.0. The van der Waals surface area contributed by atoms with Gasteiger partial charge in [0.05, 0.1) is 12.2 Å². The molecule has 5 heteroatoms. The second-order valence-corrected chi connectivity index (χ2v) is 7.60. The van der Waals surface area contributed by atoms with Crippen LogP contribution in [0.15, 0.2) is 49.2 Å². The van der Waals surface area contributed by atoms with E-state index in [1.165, 1.54) is 16.8 Å². The summed E-state index contributed by atoms with van der Waals surface area (Å²) in [5.74, 6) is 0.736. The van der Waals surface area contributed by atoms with E-state index in [0.717, 1.165) is 51.9 Å². The van der Waals surface area contributed by atoms with Crippen molar-refractivity contribution in [2.45, 2.75) is 37.6 Å². The molecule has 0 bridgehead atoms. The molecule has 1 N–H and O–H groups in total. The Morgan fingerprint density at radius 3 is 2.70 bits per heavy atom. The number of hydrogen-bond donors (Lipinski definition) is 1. The van der Waals surface area contributed by atoms with E-state index in [-0.39, 0.29) is 6.04 Å². The molecule has 0 aliphatic carbocycles. The molecule has 2 saturated heterocycles. The van der Waals surface area contributed by atoms with Crippen LogP contribution in [0.2, 0.25) is 0 Å². The monoisotopic (exact) mass is 364 g/mol. The Morgan fingerprint density at radius 1 is 1.19 bits per heavy atom. The first kappa shape index (κ1) is 18.0. The Kier molecular flexibility index (Phi) is 5.39. The van der Waals surface area contributed by atoms with Crippen LogP contribution in [0.25, 0.3) is 11.1 Å². The van der Waals surface area contributed by atoms with Crippen LogP contribution in [-0.4, -0.2) is 58.1 Å². The summed E-state index contributed by atoms with van der Waals surface area (Å²) in [4.78, 5) is 17.3. The van der Waals surface area contributed by atoms with Crippen LogP contribution < -0.4 is 0 Å². The van der Waals surface area contributed by atoms with E-state index in [9.17, 15) is 4.79 Å². The number of piperidine rings is 1. The second-order valence-electron chi connectivity index (χ2n) is 7.60. The SMILES string of the molecule is C=CCN1CCCC1C(=O)N1CCC(c2[nH]ncc2-c2ccccc2)CC1. The molecule has 2 aliphatic rings. The van der Waals surface area contributed by atoms with Crippen molar-refractivity contribution in [1.82, 2.24) is 20.0 Å². The lowest BCUT2D eigenvalue weighted by atomic mass is 9.89. The third-order valence-corrected chi connectivity index (χ3v) is 5.98. The summed E-state index contributed by atoms with van der Waals surface area (Å²) >= 11 is 0. The lowest BCUT2D eigenvalue weighted by molar-refractivity contribution is -0.136. The van der Waals surface area contributed by atoms with Crippen LogP contribution in [0.5, 0.6) is 0 Å². The average molecular weight is 364 g/mol. The van der Waals surface area contributed by atoms with Crippen LogP contribution in [-0.2, 0) is 4.79 Å². The minimum absolute atomic E-state index is 0.0478. The smallest absolute Gasteiger partial charge is 0.239 e. The van der Waals surface area contributed by atoms with Gasteiger partial charge in [0.25, 0.3) is 0 Å². The molecule has 142 valence electrons. The van der Waals surface area contributed by atoms with Crippen molar-refractivity contribution >= 4 is 5.91 Å². The van der Waals surface area contributed by atoms with E-state index in [1.807, 2.05) is 18.3 Å². The molecule has 5 nitrogen and oxygen atoms in total. The van der Waals surface area contributed by atoms with Crippen molar-refractivity contribution in [3.05, 3.63) is 54.9 Å². The number of rotatable bonds is 5. The summed E-state index contributed by atoms with van der Waals surface area (Å²) in [7, 11) is 0. The summed E-state index contributed by atoms with van der Waals surface area (Å²) in [6.07, 6.45) is 7.89. The highest BCUT2D eigenvalue weighted by Gasteiger charge is 2.35. The molecule has 0 radical (unpaired) electrons. The molecule has 1 aromatic carbocycles. The topological polar surface area (TPSA) is 52.2 Å². The predicted molar refractivity (Wildman–Crippen MR) is 107 cm³/mol. The fourth-order valence-corrected chi connectivity index (χ4v) is 4.54. The number of carbonyl (C=O) groups is 1. The molecule has 4 rings (SSSR count). The van der Waals surface area contributed by atoms with Gasteiger partial charge in [-0.3, -0.25) is 14.8 Å². The van der Waals surface area contributed by atoms with Gasteiger partial charge < -0.3 is 4.90 Å². The number of amides is 1. The first-order chi connectivity index (χ1) is 13.3. The fraction of sp³-hybridized carbons (Fsp3) is 0.455. The number of nitrogens with zero attached hydrogens (tertiary/aromatic N) is 3. The van der Waals surface area contributed by atoms with Gasteiger partial charge in [0, 0.05) is 36.8 Å². The molecule has 1 amide bonds. The van der Waals surface area contributed by atoms with Crippen LogP contribution in [0, 0.1) is 0 Å². The fourth-order valence-electron chi connectivity index (χ4n) is 4.54. The molecular formula is C22H28N4O. The van der Waals surface area contributed by atoms with Crippen LogP contribution in [0.1, 0.15) is 37.3 Å². The summed E-state index contributed by atoms with van der Waals surface area (Å²) in [6.45, 7) is 7.30. The van der Waals surface area contributed by atoms with E-state index in [4.69, 9.17) is 0 Å². The van der Waals surface area contributed by atoms with E-state index in [0.29, 0.717) is 11.8 Å². The minimum atomic E-state index is 0.0478. The normalized spacial score (nSPS) is 21.5. The number of aromatic nitrogens is 2. The number of likely N-dealkylation sites (tertiary alicyclic amines) is 2. The molecule has 2 fully saturated rings. The number of benzene rings is 1. The van der Waals surface area contributed by atoms with Crippen LogP contribution >= 0.6 is 0 Å². The molecule has 0 saturated carbocycles. The van der Waals surface area contributed by atoms with Crippen molar-refractivity contribution < 1.29 is 4.79 Å². The van der Waals surface area contributed by atoms with E-state index >= 15 is 0 Å². The highest BCUT2D eigenvalue weighted by Crippen LogP contribution is 2.34. The van der Waals surface area contributed by atoms with Gasteiger partial charge >= 0.3 is 0 Å². The zero-order valence-electron chi connectivity index (χ0n) is 15.8. The van der Waals surface area contributed by atoms with Crippen LogP contribution in [0.4, 0.5) is 0 Å². The number of hydrogen-bond acceptors (Lipinski definition) is 3. The van der Waals surface area contributed by atoms with Gasteiger partial charge in [-0.05, 0) is 37.8 Å². The van der Waals surface area contributed by atoms with Crippen molar-refractivity contribution in [2.24, 2.45) is 0 Å². The van der Waals surface area contributed by atoms with E-state index < -0.39 is 0 Å². The Morgan fingerprint density at radius 2 is 1.96 bits per heavy atom. The first-order valence-corrected chi connectivity index (χ1v) is 10.0. The number of H-pyrrole nitrogens is 1. The molecule has 1 unspecified atom stereocenters. The van der Waals surface area contributed by atoms with Gasteiger partial charge in [0.1, 0.15) is 0 Å². The van der Waals surface area contributed by atoms with Gasteiger partial charge in [0.15, 0.2) is 0 Å². The van der Waals surface area contributed by atoms with Gasteiger partial charge in [-0.2, -0.15) is 5.10 Å². The van der Waals surface area contributed by atoms with E-state index in [2.05, 4.69) is 50.8 Å². The lowest BCUT2D eigenvalue weighted by Gasteiger charge is -2.35. The van der Waals surface area contributed by atoms with Crippen molar-refractivity contribution in [3.63, 3.8) is 0 Å².